The number of hydrogen-bond donors (Lipinski definition) is 1. The second-order valence-corrected chi connectivity index (χ2v) is 6.39. The number of nitrogens with zero attached hydrogens (tertiary/aromatic N) is 1. The lowest BCUT2D eigenvalue weighted by molar-refractivity contribution is -0.111. The highest BCUT2D eigenvalue weighted by atomic mass is 35.5. The maximum Gasteiger partial charge on any atom is 0.253 e. The summed E-state index contributed by atoms with van der Waals surface area (Å²) in [5.74, 6) is -0.185. The smallest absolute Gasteiger partial charge is 0.253 e. The third-order valence-electron chi connectivity index (χ3n) is 4.07. The third-order valence-corrected chi connectivity index (χ3v) is 4.30. The van der Waals surface area contributed by atoms with Gasteiger partial charge in [0.2, 0.25) is 5.91 Å². The van der Waals surface area contributed by atoms with Crippen LogP contribution in [0.25, 0.3) is 6.08 Å². The molecule has 2 aromatic carbocycles. The molecule has 0 atom stereocenters. The van der Waals surface area contributed by atoms with Gasteiger partial charge < -0.3 is 10.2 Å². The van der Waals surface area contributed by atoms with Gasteiger partial charge in [-0.15, -0.1) is 0 Å². The normalized spacial score (nSPS) is 14.0. The number of carbonyl (C=O) groups excluding carboxylic acids is 2. The van der Waals surface area contributed by atoms with E-state index in [4.69, 9.17) is 11.6 Å². The number of rotatable bonds is 4. The van der Waals surface area contributed by atoms with E-state index < -0.39 is 0 Å². The molecule has 0 unspecified atom stereocenters. The summed E-state index contributed by atoms with van der Waals surface area (Å²) in [5.41, 5.74) is 2.15. The molecule has 128 valence electrons. The van der Waals surface area contributed by atoms with E-state index in [1.54, 1.807) is 42.5 Å². The zero-order valence-electron chi connectivity index (χ0n) is 13.7. The number of halogens is 1. The van der Waals surface area contributed by atoms with Gasteiger partial charge in [-0.2, -0.15) is 0 Å². The summed E-state index contributed by atoms with van der Waals surface area (Å²) >= 11 is 5.91. The fourth-order valence-corrected chi connectivity index (χ4v) is 2.96. The Balaban J connectivity index is 1.59. The lowest BCUT2D eigenvalue weighted by Crippen LogP contribution is -2.27. The minimum absolute atomic E-state index is 0.0521. The SMILES string of the molecule is O=C(/C=C/c1cccc(Cl)c1)Nc1ccc(C(=O)N2CCCC2)cc1. The number of anilines is 1. The van der Waals surface area contributed by atoms with Crippen LogP contribution < -0.4 is 5.32 Å². The quantitative estimate of drug-likeness (QED) is 0.835. The van der Waals surface area contributed by atoms with E-state index in [0.717, 1.165) is 31.5 Å². The number of amides is 2. The summed E-state index contributed by atoms with van der Waals surface area (Å²) in [6.45, 7) is 1.65. The van der Waals surface area contributed by atoms with E-state index in [9.17, 15) is 9.59 Å². The van der Waals surface area contributed by atoms with Gasteiger partial charge in [-0.3, -0.25) is 9.59 Å². The molecular weight excluding hydrogens is 336 g/mol. The van der Waals surface area contributed by atoms with Crippen molar-refractivity contribution in [2.24, 2.45) is 0 Å². The Morgan fingerprint density at radius 2 is 1.76 bits per heavy atom. The van der Waals surface area contributed by atoms with Crippen LogP contribution in [0.3, 0.4) is 0 Å². The first-order chi connectivity index (χ1) is 12.1. The van der Waals surface area contributed by atoms with Crippen LogP contribution >= 0.6 is 11.6 Å². The van der Waals surface area contributed by atoms with Gasteiger partial charge in [0.1, 0.15) is 0 Å². The van der Waals surface area contributed by atoms with Gasteiger partial charge >= 0.3 is 0 Å². The fourth-order valence-electron chi connectivity index (χ4n) is 2.77. The van der Waals surface area contributed by atoms with Crippen LogP contribution in [0, 0.1) is 0 Å². The third kappa shape index (κ3) is 4.70. The summed E-state index contributed by atoms with van der Waals surface area (Å²) in [7, 11) is 0. The molecule has 4 nitrogen and oxygen atoms in total. The van der Waals surface area contributed by atoms with Crippen LogP contribution in [0.2, 0.25) is 5.02 Å². The van der Waals surface area contributed by atoms with Gasteiger partial charge in [-0.25, -0.2) is 0 Å². The number of likely N-dealkylation sites (tertiary alicyclic amines) is 1. The summed E-state index contributed by atoms with van der Waals surface area (Å²) < 4.78 is 0. The van der Waals surface area contributed by atoms with E-state index in [-0.39, 0.29) is 11.8 Å². The molecule has 25 heavy (non-hydrogen) atoms. The largest absolute Gasteiger partial charge is 0.339 e. The Morgan fingerprint density at radius 1 is 1.04 bits per heavy atom. The molecule has 0 spiro atoms. The average molecular weight is 355 g/mol. The molecule has 2 aromatic rings. The predicted molar refractivity (Wildman–Crippen MR) is 101 cm³/mol. The van der Waals surface area contributed by atoms with Crippen molar-refractivity contribution in [3.8, 4) is 0 Å². The van der Waals surface area contributed by atoms with Crippen LogP contribution in [0.5, 0.6) is 0 Å². The highest BCUT2D eigenvalue weighted by Gasteiger charge is 2.19. The number of benzene rings is 2. The molecular formula is C20H19ClN2O2. The highest BCUT2D eigenvalue weighted by Crippen LogP contribution is 2.16. The van der Waals surface area contributed by atoms with Crippen LogP contribution in [-0.2, 0) is 4.79 Å². The van der Waals surface area contributed by atoms with Crippen LogP contribution in [-0.4, -0.2) is 29.8 Å². The van der Waals surface area contributed by atoms with Gasteiger partial charge in [0.15, 0.2) is 0 Å². The first kappa shape index (κ1) is 17.2. The van der Waals surface area contributed by atoms with Crippen molar-refractivity contribution in [2.45, 2.75) is 12.8 Å². The molecule has 5 heteroatoms. The highest BCUT2D eigenvalue weighted by molar-refractivity contribution is 6.30. The zero-order chi connectivity index (χ0) is 17.6. The van der Waals surface area contributed by atoms with Gasteiger partial charge in [0.05, 0.1) is 0 Å². The Bertz CT molecular complexity index is 794. The maximum atomic E-state index is 12.3. The zero-order valence-corrected chi connectivity index (χ0v) is 14.5. The number of hydrogen-bond acceptors (Lipinski definition) is 2. The molecule has 1 fully saturated rings. The maximum absolute atomic E-state index is 12.3. The van der Waals surface area contributed by atoms with Crippen LogP contribution in [0.4, 0.5) is 5.69 Å². The van der Waals surface area contributed by atoms with E-state index >= 15 is 0 Å². The first-order valence-corrected chi connectivity index (χ1v) is 8.63. The molecule has 0 aliphatic carbocycles. The summed E-state index contributed by atoms with van der Waals surface area (Å²) in [4.78, 5) is 26.1. The van der Waals surface area contributed by atoms with E-state index in [1.165, 1.54) is 6.08 Å². The molecule has 1 N–H and O–H groups in total. The van der Waals surface area contributed by atoms with Gasteiger partial charge in [-0.1, -0.05) is 23.7 Å². The number of nitrogens with one attached hydrogen (secondary N) is 1. The van der Waals surface area contributed by atoms with Crippen LogP contribution in [0.1, 0.15) is 28.8 Å². The second-order valence-electron chi connectivity index (χ2n) is 5.95. The topological polar surface area (TPSA) is 49.4 Å². The molecule has 1 aliphatic heterocycles. The Morgan fingerprint density at radius 3 is 2.44 bits per heavy atom. The molecule has 2 amide bonds. The minimum Gasteiger partial charge on any atom is -0.339 e. The first-order valence-electron chi connectivity index (χ1n) is 8.26. The minimum atomic E-state index is -0.237. The molecule has 1 saturated heterocycles. The van der Waals surface area contributed by atoms with Crippen molar-refractivity contribution in [1.82, 2.24) is 4.90 Å². The Labute approximate surface area is 152 Å². The Hall–Kier alpha value is -2.59. The molecule has 0 saturated carbocycles. The van der Waals surface area contributed by atoms with E-state index in [0.29, 0.717) is 16.3 Å². The van der Waals surface area contributed by atoms with Crippen molar-refractivity contribution in [1.29, 1.82) is 0 Å². The molecule has 1 heterocycles. The van der Waals surface area contributed by atoms with Crippen molar-refractivity contribution in [2.75, 3.05) is 18.4 Å². The lowest BCUT2D eigenvalue weighted by atomic mass is 10.2. The molecule has 0 aromatic heterocycles. The van der Waals surface area contributed by atoms with Crippen molar-refractivity contribution >= 4 is 35.2 Å². The predicted octanol–water partition coefficient (Wildman–Crippen LogP) is 4.23. The van der Waals surface area contributed by atoms with Gasteiger partial charge in [0.25, 0.3) is 5.91 Å². The van der Waals surface area contributed by atoms with Crippen molar-refractivity contribution in [3.05, 3.63) is 70.8 Å². The lowest BCUT2D eigenvalue weighted by Gasteiger charge is -2.15. The summed E-state index contributed by atoms with van der Waals surface area (Å²) in [6, 6.07) is 14.2. The van der Waals surface area contributed by atoms with E-state index in [2.05, 4.69) is 5.32 Å². The second kappa shape index (κ2) is 7.99. The average Bonchev–Trinajstić information content (AvgIpc) is 3.15. The van der Waals surface area contributed by atoms with E-state index in [1.807, 2.05) is 17.0 Å². The summed E-state index contributed by atoms with van der Waals surface area (Å²) in [6.07, 6.45) is 5.29. The van der Waals surface area contributed by atoms with Crippen LogP contribution in [0.15, 0.2) is 54.6 Å². The molecule has 0 bridgehead atoms. The monoisotopic (exact) mass is 354 g/mol. The molecule has 0 radical (unpaired) electrons. The Kier molecular flexibility index (Phi) is 5.51. The van der Waals surface area contributed by atoms with Gasteiger partial charge in [-0.05, 0) is 60.9 Å². The van der Waals surface area contributed by atoms with Crippen molar-refractivity contribution in [3.63, 3.8) is 0 Å². The molecule has 1 aliphatic rings. The molecule has 3 rings (SSSR count). The summed E-state index contributed by atoms with van der Waals surface area (Å²) in [5, 5.41) is 3.40. The van der Waals surface area contributed by atoms with Crippen molar-refractivity contribution < 1.29 is 9.59 Å². The number of carbonyl (C=O) groups is 2. The fraction of sp³-hybridized carbons (Fsp3) is 0.200. The standard InChI is InChI=1S/C20H19ClN2O2/c21-17-5-3-4-15(14-17)6-11-19(24)22-18-9-7-16(8-10-18)20(25)23-12-1-2-13-23/h3-11,14H,1-2,12-13H2,(H,22,24)/b11-6+. The van der Waals surface area contributed by atoms with Gasteiger partial charge in [0, 0.05) is 35.4 Å².